The van der Waals surface area contributed by atoms with Crippen LogP contribution < -0.4 is 5.32 Å². The van der Waals surface area contributed by atoms with Crippen molar-refractivity contribution in [2.75, 3.05) is 5.32 Å². The van der Waals surface area contributed by atoms with Crippen molar-refractivity contribution in [1.82, 2.24) is 0 Å². The summed E-state index contributed by atoms with van der Waals surface area (Å²) in [4.78, 5) is 23.6. The number of carboxylic acids is 1. The van der Waals surface area contributed by atoms with Crippen LogP contribution in [0, 0.1) is 12.3 Å². The molecule has 1 fully saturated rings. The summed E-state index contributed by atoms with van der Waals surface area (Å²) in [5.74, 6) is -1.07. The molecule has 1 aliphatic rings. The summed E-state index contributed by atoms with van der Waals surface area (Å²) in [6.07, 6.45) is 3.01. The van der Waals surface area contributed by atoms with E-state index in [2.05, 4.69) is 21.2 Å². The number of anilines is 1. The van der Waals surface area contributed by atoms with Gasteiger partial charge in [0.1, 0.15) is 0 Å². The Kier molecular flexibility index (Phi) is 4.48. The van der Waals surface area contributed by atoms with Gasteiger partial charge in [0.25, 0.3) is 0 Å². The Morgan fingerprint density at radius 1 is 1.35 bits per heavy atom. The number of carbonyl (C=O) groups excluding carboxylic acids is 1. The first-order chi connectivity index (χ1) is 9.43. The average Bonchev–Trinajstić information content (AvgIpc) is 2.82. The van der Waals surface area contributed by atoms with E-state index in [0.717, 1.165) is 28.6 Å². The standard InChI is InChI=1S/C15H18BrNO3/c1-10-8-11(16)4-5-12(10)17-13(18)9-15(14(19)20)6-2-3-7-15/h4-5,8H,2-3,6-7,9H2,1H3,(H,17,18)(H,19,20). The zero-order valence-corrected chi connectivity index (χ0v) is 13.0. The number of carboxylic acid groups (broad SMARTS) is 1. The highest BCUT2D eigenvalue weighted by Crippen LogP contribution is 2.41. The molecule has 108 valence electrons. The molecule has 2 N–H and O–H groups in total. The number of amides is 1. The van der Waals surface area contributed by atoms with Crippen molar-refractivity contribution < 1.29 is 14.7 Å². The van der Waals surface area contributed by atoms with Crippen LogP contribution in [-0.2, 0) is 9.59 Å². The quantitative estimate of drug-likeness (QED) is 0.878. The molecule has 1 saturated carbocycles. The van der Waals surface area contributed by atoms with Crippen molar-refractivity contribution in [1.29, 1.82) is 0 Å². The number of aryl methyl sites for hydroxylation is 1. The second-order valence-electron chi connectivity index (χ2n) is 5.48. The first-order valence-electron chi connectivity index (χ1n) is 6.72. The molecule has 4 nitrogen and oxygen atoms in total. The SMILES string of the molecule is Cc1cc(Br)ccc1NC(=O)CC1(C(=O)O)CCCC1. The molecule has 0 aromatic heterocycles. The maximum absolute atomic E-state index is 12.1. The fraction of sp³-hybridized carbons (Fsp3) is 0.467. The molecule has 5 heteroatoms. The zero-order chi connectivity index (χ0) is 14.8. The fourth-order valence-corrected chi connectivity index (χ4v) is 3.26. The maximum atomic E-state index is 12.1. The molecule has 1 aliphatic carbocycles. The van der Waals surface area contributed by atoms with Crippen molar-refractivity contribution in [2.45, 2.75) is 39.0 Å². The Bertz CT molecular complexity index is 536. The molecule has 1 aromatic rings. The van der Waals surface area contributed by atoms with E-state index in [9.17, 15) is 14.7 Å². The third kappa shape index (κ3) is 3.20. The first kappa shape index (κ1) is 15.0. The van der Waals surface area contributed by atoms with Gasteiger partial charge in [0.15, 0.2) is 0 Å². The molecular formula is C15H18BrNO3. The predicted molar refractivity (Wildman–Crippen MR) is 80.7 cm³/mol. The molecule has 0 atom stereocenters. The lowest BCUT2D eigenvalue weighted by molar-refractivity contribution is -0.150. The lowest BCUT2D eigenvalue weighted by atomic mass is 9.82. The normalized spacial score (nSPS) is 16.9. The number of hydrogen-bond acceptors (Lipinski definition) is 2. The molecule has 0 aliphatic heterocycles. The lowest BCUT2D eigenvalue weighted by Crippen LogP contribution is -2.32. The van der Waals surface area contributed by atoms with Crippen molar-refractivity contribution in [3.05, 3.63) is 28.2 Å². The zero-order valence-electron chi connectivity index (χ0n) is 11.4. The molecule has 0 spiro atoms. The van der Waals surface area contributed by atoms with Crippen LogP contribution >= 0.6 is 15.9 Å². The fourth-order valence-electron chi connectivity index (χ4n) is 2.79. The molecule has 0 radical (unpaired) electrons. The van der Waals surface area contributed by atoms with E-state index in [4.69, 9.17) is 0 Å². The molecular weight excluding hydrogens is 322 g/mol. The summed E-state index contributed by atoms with van der Waals surface area (Å²) in [7, 11) is 0. The Balaban J connectivity index is 2.07. The van der Waals surface area contributed by atoms with Gasteiger partial charge in [-0.25, -0.2) is 0 Å². The summed E-state index contributed by atoms with van der Waals surface area (Å²) in [6, 6.07) is 5.59. The Hall–Kier alpha value is -1.36. The Labute approximate surface area is 126 Å². The summed E-state index contributed by atoms with van der Waals surface area (Å²) >= 11 is 3.37. The number of carbonyl (C=O) groups is 2. The molecule has 20 heavy (non-hydrogen) atoms. The predicted octanol–water partition coefficient (Wildman–Crippen LogP) is 3.73. The van der Waals surface area contributed by atoms with Gasteiger partial charge in [-0.1, -0.05) is 28.8 Å². The second-order valence-corrected chi connectivity index (χ2v) is 6.39. The molecule has 1 amide bonds. The van der Waals surface area contributed by atoms with Crippen LogP contribution in [0.15, 0.2) is 22.7 Å². The summed E-state index contributed by atoms with van der Waals surface area (Å²) in [6.45, 7) is 1.91. The third-order valence-electron chi connectivity index (χ3n) is 3.98. The smallest absolute Gasteiger partial charge is 0.310 e. The molecule has 2 rings (SSSR count). The largest absolute Gasteiger partial charge is 0.481 e. The highest BCUT2D eigenvalue weighted by molar-refractivity contribution is 9.10. The van der Waals surface area contributed by atoms with Gasteiger partial charge in [-0.3, -0.25) is 9.59 Å². The monoisotopic (exact) mass is 339 g/mol. The van der Waals surface area contributed by atoms with Crippen LogP contribution in [0.5, 0.6) is 0 Å². The van der Waals surface area contributed by atoms with Crippen molar-refractivity contribution in [3.8, 4) is 0 Å². The summed E-state index contributed by atoms with van der Waals surface area (Å²) in [5.41, 5.74) is 0.813. The minimum atomic E-state index is -0.868. The number of nitrogens with one attached hydrogen (secondary N) is 1. The van der Waals surface area contributed by atoms with Gasteiger partial charge in [0.05, 0.1) is 5.41 Å². The van der Waals surface area contributed by atoms with E-state index >= 15 is 0 Å². The number of hydrogen-bond donors (Lipinski definition) is 2. The van der Waals surface area contributed by atoms with Gasteiger partial charge in [-0.2, -0.15) is 0 Å². The number of aliphatic carboxylic acids is 1. The van der Waals surface area contributed by atoms with Gasteiger partial charge in [0.2, 0.25) is 5.91 Å². The van der Waals surface area contributed by atoms with Gasteiger partial charge in [-0.05, 0) is 43.5 Å². The summed E-state index contributed by atoms with van der Waals surface area (Å²) in [5, 5.41) is 12.2. The number of halogens is 1. The maximum Gasteiger partial charge on any atom is 0.310 e. The minimum Gasteiger partial charge on any atom is -0.481 e. The van der Waals surface area contributed by atoms with Crippen LogP contribution in [0.25, 0.3) is 0 Å². The van der Waals surface area contributed by atoms with E-state index in [0.29, 0.717) is 12.8 Å². The van der Waals surface area contributed by atoms with E-state index in [-0.39, 0.29) is 12.3 Å². The highest BCUT2D eigenvalue weighted by atomic mass is 79.9. The van der Waals surface area contributed by atoms with Crippen LogP contribution in [0.4, 0.5) is 5.69 Å². The van der Waals surface area contributed by atoms with E-state index in [1.165, 1.54) is 0 Å². The van der Waals surface area contributed by atoms with Crippen LogP contribution in [0.1, 0.15) is 37.7 Å². The lowest BCUT2D eigenvalue weighted by Gasteiger charge is -2.23. The van der Waals surface area contributed by atoms with Crippen molar-refractivity contribution in [2.24, 2.45) is 5.41 Å². The third-order valence-corrected chi connectivity index (χ3v) is 4.47. The van der Waals surface area contributed by atoms with Gasteiger partial charge < -0.3 is 10.4 Å². The molecule has 1 aromatic carbocycles. The molecule has 0 saturated heterocycles. The average molecular weight is 340 g/mol. The second kappa shape index (κ2) is 5.95. The summed E-state index contributed by atoms with van der Waals surface area (Å²) < 4.78 is 0.950. The van der Waals surface area contributed by atoms with Crippen LogP contribution in [0.2, 0.25) is 0 Å². The Morgan fingerprint density at radius 2 is 2.00 bits per heavy atom. The van der Waals surface area contributed by atoms with Crippen LogP contribution in [-0.4, -0.2) is 17.0 Å². The minimum absolute atomic E-state index is 0.0534. The van der Waals surface area contributed by atoms with Gasteiger partial charge in [-0.15, -0.1) is 0 Å². The molecule has 0 unspecified atom stereocenters. The van der Waals surface area contributed by atoms with Gasteiger partial charge in [0, 0.05) is 16.6 Å². The number of rotatable bonds is 4. The molecule has 0 heterocycles. The topological polar surface area (TPSA) is 66.4 Å². The number of benzene rings is 1. The highest BCUT2D eigenvalue weighted by Gasteiger charge is 2.42. The first-order valence-corrected chi connectivity index (χ1v) is 7.52. The van der Waals surface area contributed by atoms with Crippen LogP contribution in [0.3, 0.4) is 0 Å². The van der Waals surface area contributed by atoms with Gasteiger partial charge >= 0.3 is 5.97 Å². The van der Waals surface area contributed by atoms with E-state index in [1.54, 1.807) is 0 Å². The van der Waals surface area contributed by atoms with Crippen molar-refractivity contribution >= 4 is 33.5 Å². The Morgan fingerprint density at radius 3 is 2.55 bits per heavy atom. The van der Waals surface area contributed by atoms with E-state index in [1.807, 2.05) is 25.1 Å². The molecule has 0 bridgehead atoms. The van der Waals surface area contributed by atoms with Crippen molar-refractivity contribution in [3.63, 3.8) is 0 Å². The van der Waals surface area contributed by atoms with E-state index < -0.39 is 11.4 Å².